The predicted molar refractivity (Wildman–Crippen MR) is 112 cm³/mol. The summed E-state index contributed by atoms with van der Waals surface area (Å²) < 4.78 is 38.1. The topological polar surface area (TPSA) is 43.9 Å². The van der Waals surface area contributed by atoms with E-state index in [0.717, 1.165) is 24.1 Å². The molecule has 31 heavy (non-hydrogen) atoms. The summed E-state index contributed by atoms with van der Waals surface area (Å²) in [5.74, 6) is -0.0802. The van der Waals surface area contributed by atoms with Crippen LogP contribution in [0.3, 0.4) is 0 Å². The average Bonchev–Trinajstić information content (AvgIpc) is 3.45. The first kappa shape index (κ1) is 21.8. The van der Waals surface area contributed by atoms with Gasteiger partial charge in [-0.25, -0.2) is 0 Å². The van der Waals surface area contributed by atoms with Gasteiger partial charge in [0.1, 0.15) is 6.04 Å². The lowest BCUT2D eigenvalue weighted by molar-refractivity contribution is -0.138. The number of hydrogen-bond donors (Lipinski definition) is 0. The largest absolute Gasteiger partial charge is 0.416 e. The molecule has 0 radical (unpaired) electrons. The standard InChI is InChI=1S/C22H24F3N3O2S/c23-22(24,25)17-7-5-16(6-8-17)15-26-10-12-27(13-11-26)20(29)18-3-1-9-28(18)21(30)19-4-2-14-31-19/h2,4-8,14,18H,1,3,9-13,15H2/t18-/m1/s1. The number of carbonyl (C=O) groups excluding carboxylic acids is 2. The Kier molecular flexibility index (Phi) is 6.34. The average molecular weight is 452 g/mol. The molecule has 0 N–H and O–H groups in total. The van der Waals surface area contributed by atoms with Crippen LogP contribution in [0.1, 0.15) is 33.6 Å². The molecule has 2 aliphatic rings. The third-order valence-corrected chi connectivity index (χ3v) is 6.76. The Labute approximate surface area is 183 Å². The van der Waals surface area contributed by atoms with Gasteiger partial charge in [-0.3, -0.25) is 14.5 Å². The molecule has 3 heterocycles. The van der Waals surface area contributed by atoms with E-state index < -0.39 is 17.8 Å². The first-order valence-electron chi connectivity index (χ1n) is 10.3. The molecule has 0 aliphatic carbocycles. The Morgan fingerprint density at radius 3 is 2.32 bits per heavy atom. The van der Waals surface area contributed by atoms with Gasteiger partial charge >= 0.3 is 6.18 Å². The van der Waals surface area contributed by atoms with E-state index in [-0.39, 0.29) is 11.8 Å². The van der Waals surface area contributed by atoms with E-state index in [1.807, 2.05) is 16.3 Å². The van der Waals surface area contributed by atoms with Gasteiger partial charge in [0.25, 0.3) is 5.91 Å². The van der Waals surface area contributed by atoms with Crippen molar-refractivity contribution in [2.75, 3.05) is 32.7 Å². The lowest BCUT2D eigenvalue weighted by atomic mass is 10.1. The number of halogens is 3. The van der Waals surface area contributed by atoms with Crippen LogP contribution in [0.5, 0.6) is 0 Å². The van der Waals surface area contributed by atoms with Crippen molar-refractivity contribution in [3.05, 3.63) is 57.8 Å². The predicted octanol–water partition coefficient (Wildman–Crippen LogP) is 3.72. The second-order valence-electron chi connectivity index (χ2n) is 7.93. The number of likely N-dealkylation sites (tertiary alicyclic amines) is 1. The van der Waals surface area contributed by atoms with Gasteiger partial charge < -0.3 is 9.80 Å². The molecule has 9 heteroatoms. The van der Waals surface area contributed by atoms with Gasteiger partial charge in [0, 0.05) is 39.3 Å². The lowest BCUT2D eigenvalue weighted by Crippen LogP contribution is -2.54. The van der Waals surface area contributed by atoms with E-state index in [2.05, 4.69) is 4.90 Å². The van der Waals surface area contributed by atoms with Gasteiger partial charge in [-0.1, -0.05) is 18.2 Å². The Morgan fingerprint density at radius 2 is 1.71 bits per heavy atom. The van der Waals surface area contributed by atoms with E-state index in [1.54, 1.807) is 11.0 Å². The van der Waals surface area contributed by atoms with Crippen LogP contribution in [0.15, 0.2) is 41.8 Å². The van der Waals surface area contributed by atoms with E-state index in [1.165, 1.54) is 23.5 Å². The number of carbonyl (C=O) groups is 2. The number of rotatable bonds is 4. The minimum Gasteiger partial charge on any atom is -0.338 e. The molecule has 0 saturated carbocycles. The van der Waals surface area contributed by atoms with Crippen LogP contribution in [0.4, 0.5) is 13.2 Å². The van der Waals surface area contributed by atoms with Gasteiger partial charge in [-0.15, -0.1) is 11.3 Å². The normalized spacial score (nSPS) is 20.3. The summed E-state index contributed by atoms with van der Waals surface area (Å²) in [6, 6.07) is 8.44. The fourth-order valence-electron chi connectivity index (χ4n) is 4.20. The SMILES string of the molecule is O=C([C@H]1CCCN1C(=O)c1cccs1)N1CCN(Cc2ccc(C(F)(F)F)cc2)CC1. The van der Waals surface area contributed by atoms with Gasteiger partial charge in [-0.2, -0.15) is 13.2 Å². The van der Waals surface area contributed by atoms with Crippen molar-refractivity contribution in [1.82, 2.24) is 14.7 Å². The van der Waals surface area contributed by atoms with Crippen molar-refractivity contribution in [1.29, 1.82) is 0 Å². The molecule has 2 aromatic rings. The van der Waals surface area contributed by atoms with Crippen molar-refractivity contribution < 1.29 is 22.8 Å². The van der Waals surface area contributed by atoms with E-state index in [4.69, 9.17) is 0 Å². The number of hydrogen-bond acceptors (Lipinski definition) is 4. The van der Waals surface area contributed by atoms with E-state index in [9.17, 15) is 22.8 Å². The zero-order valence-corrected chi connectivity index (χ0v) is 17.8. The summed E-state index contributed by atoms with van der Waals surface area (Å²) in [4.78, 5) is 32.1. The first-order valence-corrected chi connectivity index (χ1v) is 11.2. The molecule has 1 aromatic carbocycles. The number of nitrogens with zero attached hydrogens (tertiary/aromatic N) is 3. The second kappa shape index (κ2) is 9.00. The lowest BCUT2D eigenvalue weighted by Gasteiger charge is -2.37. The Balaban J connectivity index is 1.31. The summed E-state index contributed by atoms with van der Waals surface area (Å²) in [6.45, 7) is 3.55. The van der Waals surface area contributed by atoms with Gasteiger partial charge in [0.2, 0.25) is 5.91 Å². The van der Waals surface area contributed by atoms with Crippen LogP contribution >= 0.6 is 11.3 Å². The zero-order chi connectivity index (χ0) is 22.0. The molecule has 166 valence electrons. The van der Waals surface area contributed by atoms with Gasteiger partial charge in [0.15, 0.2) is 0 Å². The van der Waals surface area contributed by atoms with Crippen LogP contribution in [0.2, 0.25) is 0 Å². The van der Waals surface area contributed by atoms with Crippen LogP contribution in [-0.4, -0.2) is 65.3 Å². The molecule has 2 amide bonds. The molecule has 5 nitrogen and oxygen atoms in total. The highest BCUT2D eigenvalue weighted by Crippen LogP contribution is 2.29. The Morgan fingerprint density at radius 1 is 1.00 bits per heavy atom. The number of benzene rings is 1. The summed E-state index contributed by atoms with van der Waals surface area (Å²) in [6.07, 6.45) is -2.83. The van der Waals surface area contributed by atoms with Crippen LogP contribution in [-0.2, 0) is 17.5 Å². The molecule has 2 aliphatic heterocycles. The minimum atomic E-state index is -4.33. The fourth-order valence-corrected chi connectivity index (χ4v) is 4.88. The smallest absolute Gasteiger partial charge is 0.338 e. The molecule has 2 fully saturated rings. The third kappa shape index (κ3) is 4.93. The maximum atomic E-state index is 13.1. The summed E-state index contributed by atoms with van der Waals surface area (Å²) in [5.41, 5.74) is 0.168. The quantitative estimate of drug-likeness (QED) is 0.712. The third-order valence-electron chi connectivity index (χ3n) is 5.90. The van der Waals surface area contributed by atoms with Crippen LogP contribution in [0, 0.1) is 0 Å². The molecule has 0 spiro atoms. The monoisotopic (exact) mass is 451 g/mol. The molecular weight excluding hydrogens is 427 g/mol. The second-order valence-corrected chi connectivity index (χ2v) is 8.88. The van der Waals surface area contributed by atoms with Crippen molar-refractivity contribution in [3.63, 3.8) is 0 Å². The number of alkyl halides is 3. The van der Waals surface area contributed by atoms with Crippen molar-refractivity contribution in [2.45, 2.75) is 31.6 Å². The van der Waals surface area contributed by atoms with Crippen molar-refractivity contribution >= 4 is 23.2 Å². The number of piperazine rings is 1. The van der Waals surface area contributed by atoms with Crippen molar-refractivity contribution in [2.24, 2.45) is 0 Å². The van der Waals surface area contributed by atoms with E-state index in [0.29, 0.717) is 50.6 Å². The number of thiophene rings is 1. The minimum absolute atomic E-state index is 0.00316. The van der Waals surface area contributed by atoms with E-state index >= 15 is 0 Å². The highest BCUT2D eigenvalue weighted by molar-refractivity contribution is 7.12. The Hall–Kier alpha value is -2.39. The highest BCUT2D eigenvalue weighted by atomic mass is 32.1. The summed E-state index contributed by atoms with van der Waals surface area (Å²) in [5, 5.41) is 1.86. The van der Waals surface area contributed by atoms with Gasteiger partial charge in [-0.05, 0) is 42.0 Å². The molecule has 0 unspecified atom stereocenters. The maximum Gasteiger partial charge on any atom is 0.416 e. The molecule has 1 aromatic heterocycles. The van der Waals surface area contributed by atoms with Crippen LogP contribution in [0.25, 0.3) is 0 Å². The Bertz CT molecular complexity index is 907. The van der Waals surface area contributed by atoms with Gasteiger partial charge in [0.05, 0.1) is 10.4 Å². The summed E-state index contributed by atoms with van der Waals surface area (Å²) in [7, 11) is 0. The maximum absolute atomic E-state index is 13.1. The fraction of sp³-hybridized carbons (Fsp3) is 0.455. The molecule has 2 saturated heterocycles. The molecule has 4 rings (SSSR count). The van der Waals surface area contributed by atoms with Crippen LogP contribution < -0.4 is 0 Å². The summed E-state index contributed by atoms with van der Waals surface area (Å²) >= 11 is 1.39. The first-order chi connectivity index (χ1) is 14.8. The molecular formula is C22H24F3N3O2S. The number of amides is 2. The zero-order valence-electron chi connectivity index (χ0n) is 17.0. The molecule has 1 atom stereocenters. The molecule has 0 bridgehead atoms. The highest BCUT2D eigenvalue weighted by Gasteiger charge is 2.38. The van der Waals surface area contributed by atoms with Crippen molar-refractivity contribution in [3.8, 4) is 0 Å².